The molecule has 0 aliphatic heterocycles. The van der Waals surface area contributed by atoms with Crippen LogP contribution in [0.4, 0.5) is 0 Å². The van der Waals surface area contributed by atoms with E-state index < -0.39 is 45.2 Å². The van der Waals surface area contributed by atoms with Crippen molar-refractivity contribution in [2.75, 3.05) is 14.2 Å². The normalized spacial score (nSPS) is 12.8. The predicted octanol–water partition coefficient (Wildman–Crippen LogP) is 8.58. The number of carbonyl (C=O) groups is 2. The van der Waals surface area contributed by atoms with Crippen molar-refractivity contribution >= 4 is 57.4 Å². The van der Waals surface area contributed by atoms with E-state index in [0.717, 1.165) is 0 Å². The Kier molecular flexibility index (Phi) is 12.1. The molecular formula is C32H50O8Si4. The molecule has 2 aromatic rings. The Hall–Kier alpha value is -3.07. The van der Waals surface area contributed by atoms with Crippen molar-refractivity contribution in [3.63, 3.8) is 0 Å². The number of hydrogen-bond donors (Lipinski definition) is 0. The van der Waals surface area contributed by atoms with Crippen LogP contribution >= 0.6 is 0 Å². The first-order valence-electron chi connectivity index (χ1n) is 14.6. The zero-order valence-corrected chi connectivity index (χ0v) is 32.9. The first kappa shape index (κ1) is 37.1. The molecule has 0 aromatic heterocycles. The summed E-state index contributed by atoms with van der Waals surface area (Å²) in [5, 5.41) is 0. The molecule has 0 saturated carbocycles. The molecule has 0 bridgehead atoms. The molecule has 242 valence electrons. The minimum absolute atomic E-state index is 0.395. The second kappa shape index (κ2) is 14.4. The molecule has 0 aliphatic carbocycles. The van der Waals surface area contributed by atoms with Crippen molar-refractivity contribution in [2.45, 2.75) is 78.6 Å². The van der Waals surface area contributed by atoms with Crippen molar-refractivity contribution in [1.82, 2.24) is 0 Å². The fourth-order valence-corrected chi connectivity index (χ4v) is 6.95. The van der Waals surface area contributed by atoms with Gasteiger partial charge in [-0.1, -0.05) is 0 Å². The standard InChI is InChI=1S/C32H50O8Si4/c1-35-27-21-23(15-17-29(33)37-41(3,4)5)19-25(31(27)39-43(9,10)11)26-20-24(16-18-30(34)38-42(6,7)8)22-28(36-2)32(26)40-44(12,13)14/h15-22H,1-14H3/b17-15+,18-16+. The number of ether oxygens (including phenoxy) is 2. The fraction of sp³-hybridized carbons (Fsp3) is 0.438. The lowest BCUT2D eigenvalue weighted by Crippen LogP contribution is -2.30. The van der Waals surface area contributed by atoms with Crippen LogP contribution in [0.5, 0.6) is 23.0 Å². The maximum Gasteiger partial charge on any atom is 0.317 e. The Balaban J connectivity index is 2.92. The fourth-order valence-electron chi connectivity index (χ4n) is 3.97. The molecule has 0 fully saturated rings. The van der Waals surface area contributed by atoms with Crippen LogP contribution in [0, 0.1) is 0 Å². The lowest BCUT2D eigenvalue weighted by molar-refractivity contribution is -0.130. The van der Waals surface area contributed by atoms with E-state index in [1.807, 2.05) is 63.5 Å². The highest BCUT2D eigenvalue weighted by molar-refractivity contribution is 6.72. The first-order chi connectivity index (χ1) is 20.0. The van der Waals surface area contributed by atoms with Gasteiger partial charge in [-0.25, -0.2) is 9.59 Å². The quantitative estimate of drug-likeness (QED) is 0.154. The third kappa shape index (κ3) is 12.5. The van der Waals surface area contributed by atoms with Crippen molar-refractivity contribution in [2.24, 2.45) is 0 Å². The SMILES string of the molecule is COc1cc(/C=C/C(=O)O[Si](C)(C)C)cc(-c2cc(/C=C/C(=O)O[Si](C)(C)C)cc(OC)c2O[Si](C)(C)C)c1O[Si](C)(C)C. The minimum atomic E-state index is -2.15. The number of carbonyl (C=O) groups excluding carboxylic acids is 2. The molecule has 2 aromatic carbocycles. The Morgan fingerprint density at radius 3 is 1.09 bits per heavy atom. The zero-order chi connectivity index (χ0) is 33.7. The smallest absolute Gasteiger partial charge is 0.317 e. The molecule has 0 radical (unpaired) electrons. The maximum absolute atomic E-state index is 12.5. The highest BCUT2D eigenvalue weighted by Gasteiger charge is 2.28. The Morgan fingerprint density at radius 1 is 0.523 bits per heavy atom. The van der Waals surface area contributed by atoms with E-state index in [0.29, 0.717) is 45.3 Å². The number of benzene rings is 2. The molecule has 44 heavy (non-hydrogen) atoms. The van der Waals surface area contributed by atoms with Crippen LogP contribution in [0.25, 0.3) is 23.3 Å². The van der Waals surface area contributed by atoms with Gasteiger partial charge in [0.05, 0.1) is 14.2 Å². The minimum Gasteiger partial charge on any atom is -0.541 e. The third-order valence-corrected chi connectivity index (χ3v) is 8.60. The lowest BCUT2D eigenvalue weighted by Gasteiger charge is -2.28. The van der Waals surface area contributed by atoms with Crippen LogP contribution in [0.3, 0.4) is 0 Å². The van der Waals surface area contributed by atoms with Gasteiger partial charge >= 0.3 is 11.9 Å². The topological polar surface area (TPSA) is 89.5 Å². The van der Waals surface area contributed by atoms with Gasteiger partial charge in [0, 0.05) is 23.3 Å². The third-order valence-electron chi connectivity index (χ3n) is 5.34. The monoisotopic (exact) mass is 674 g/mol. The van der Waals surface area contributed by atoms with E-state index in [9.17, 15) is 9.59 Å². The van der Waals surface area contributed by atoms with Gasteiger partial charge in [0.1, 0.15) is 0 Å². The molecule has 0 N–H and O–H groups in total. The molecule has 12 heteroatoms. The Labute approximate surface area is 267 Å². The van der Waals surface area contributed by atoms with Crippen molar-refractivity contribution < 1.29 is 36.8 Å². The second-order valence-electron chi connectivity index (χ2n) is 14.4. The van der Waals surface area contributed by atoms with E-state index >= 15 is 0 Å². The Bertz CT molecular complexity index is 1300. The number of rotatable bonds is 13. The van der Waals surface area contributed by atoms with Gasteiger partial charge < -0.3 is 27.2 Å². The molecule has 8 nitrogen and oxygen atoms in total. The van der Waals surface area contributed by atoms with Gasteiger partial charge in [-0.15, -0.1) is 0 Å². The van der Waals surface area contributed by atoms with E-state index in [1.165, 1.54) is 12.2 Å². The molecule has 0 aliphatic rings. The average Bonchev–Trinajstić information content (AvgIpc) is 2.83. The van der Waals surface area contributed by atoms with E-state index in [-0.39, 0.29) is 0 Å². The summed E-state index contributed by atoms with van der Waals surface area (Å²) in [7, 11) is -5.23. The zero-order valence-electron chi connectivity index (χ0n) is 28.9. The van der Waals surface area contributed by atoms with Crippen molar-refractivity contribution in [1.29, 1.82) is 0 Å². The largest absolute Gasteiger partial charge is 0.541 e. The highest BCUT2D eigenvalue weighted by atomic mass is 28.4. The summed E-state index contributed by atoms with van der Waals surface area (Å²) in [5.74, 6) is 1.37. The molecule has 0 atom stereocenters. The average molecular weight is 675 g/mol. The van der Waals surface area contributed by atoms with Gasteiger partial charge in [0.25, 0.3) is 0 Å². The molecule has 2 rings (SSSR count). The van der Waals surface area contributed by atoms with Gasteiger partial charge in [0.15, 0.2) is 23.0 Å². The highest BCUT2D eigenvalue weighted by Crippen LogP contribution is 2.48. The Morgan fingerprint density at radius 2 is 0.841 bits per heavy atom. The molecule has 0 spiro atoms. The molecular weight excluding hydrogens is 625 g/mol. The number of hydrogen-bond acceptors (Lipinski definition) is 8. The van der Waals surface area contributed by atoms with Crippen LogP contribution in [-0.2, 0) is 18.4 Å². The summed E-state index contributed by atoms with van der Waals surface area (Å²) >= 11 is 0. The van der Waals surface area contributed by atoms with E-state index in [2.05, 4.69) is 39.3 Å². The van der Waals surface area contributed by atoms with Gasteiger partial charge in [-0.2, -0.15) is 0 Å². The lowest BCUT2D eigenvalue weighted by atomic mass is 9.97. The number of methoxy groups -OCH3 is 2. The van der Waals surface area contributed by atoms with Crippen LogP contribution < -0.4 is 18.3 Å². The predicted molar refractivity (Wildman–Crippen MR) is 190 cm³/mol. The van der Waals surface area contributed by atoms with E-state index in [1.54, 1.807) is 26.4 Å². The van der Waals surface area contributed by atoms with Crippen LogP contribution in [0.1, 0.15) is 11.1 Å². The van der Waals surface area contributed by atoms with Crippen molar-refractivity contribution in [3.8, 4) is 34.1 Å². The summed E-state index contributed by atoms with van der Waals surface area (Å²) < 4.78 is 36.2. The molecule has 0 heterocycles. The van der Waals surface area contributed by atoms with Gasteiger partial charge in [0.2, 0.25) is 33.3 Å². The summed E-state index contributed by atoms with van der Waals surface area (Å²) in [6, 6.07) is 7.55. The van der Waals surface area contributed by atoms with Crippen LogP contribution in [0.15, 0.2) is 36.4 Å². The van der Waals surface area contributed by atoms with Crippen LogP contribution in [0.2, 0.25) is 78.6 Å². The summed E-state index contributed by atoms with van der Waals surface area (Å²) in [4.78, 5) is 25.1. The van der Waals surface area contributed by atoms with E-state index in [4.69, 9.17) is 27.2 Å². The molecule has 0 unspecified atom stereocenters. The first-order valence-corrected chi connectivity index (χ1v) is 28.3. The second-order valence-corrected chi connectivity index (χ2v) is 32.1. The van der Waals surface area contributed by atoms with Gasteiger partial charge in [-0.05, 0) is 126 Å². The van der Waals surface area contributed by atoms with Crippen LogP contribution in [-0.4, -0.2) is 59.4 Å². The summed E-state index contributed by atoms with van der Waals surface area (Å²) in [5.41, 5.74) is 2.84. The van der Waals surface area contributed by atoms with Crippen molar-refractivity contribution in [3.05, 3.63) is 47.5 Å². The maximum atomic E-state index is 12.5. The van der Waals surface area contributed by atoms with Gasteiger partial charge in [-0.3, -0.25) is 0 Å². The molecule has 0 amide bonds. The molecule has 0 saturated heterocycles. The summed E-state index contributed by atoms with van der Waals surface area (Å²) in [6.45, 7) is 24.3. The summed E-state index contributed by atoms with van der Waals surface area (Å²) in [6.07, 6.45) is 6.27.